The molecule has 1 N–H and O–H groups in total. The second-order valence-electron chi connectivity index (χ2n) is 5.57. The van der Waals surface area contributed by atoms with Gasteiger partial charge in [0, 0.05) is 30.8 Å². The highest BCUT2D eigenvalue weighted by atomic mass is 16.5. The zero-order valence-corrected chi connectivity index (χ0v) is 11.6. The maximum Gasteiger partial charge on any atom is 0.0619 e. The molecule has 3 heteroatoms. The molecule has 2 aliphatic rings. The fourth-order valence-corrected chi connectivity index (χ4v) is 3.76. The van der Waals surface area contributed by atoms with E-state index >= 15 is 0 Å². The first-order valence-corrected chi connectivity index (χ1v) is 7.34. The Morgan fingerprint density at radius 2 is 1.88 bits per heavy atom. The monoisotopic (exact) mass is 240 g/mol. The summed E-state index contributed by atoms with van der Waals surface area (Å²) in [7, 11) is 0. The van der Waals surface area contributed by atoms with E-state index in [1.165, 1.54) is 25.7 Å². The summed E-state index contributed by atoms with van der Waals surface area (Å²) in [6.07, 6.45) is 5.45. The Balaban J connectivity index is 1.89. The molecule has 100 valence electrons. The summed E-state index contributed by atoms with van der Waals surface area (Å²) in [5.74, 6) is 0. The average molecular weight is 240 g/mol. The Labute approximate surface area is 106 Å². The minimum atomic E-state index is 0.593. The lowest BCUT2D eigenvalue weighted by atomic mass is 9.96. The van der Waals surface area contributed by atoms with Crippen LogP contribution in [0.4, 0.5) is 0 Å². The highest BCUT2D eigenvalue weighted by Crippen LogP contribution is 2.37. The van der Waals surface area contributed by atoms with Crippen molar-refractivity contribution in [1.29, 1.82) is 0 Å². The number of nitrogens with zero attached hydrogens (tertiary/aromatic N) is 1. The van der Waals surface area contributed by atoms with Crippen molar-refractivity contribution in [1.82, 2.24) is 10.2 Å². The highest BCUT2D eigenvalue weighted by Gasteiger charge is 2.42. The van der Waals surface area contributed by atoms with Crippen LogP contribution in [0.25, 0.3) is 0 Å². The second kappa shape index (κ2) is 6.17. The van der Waals surface area contributed by atoms with E-state index in [4.69, 9.17) is 4.74 Å². The van der Waals surface area contributed by atoms with Crippen molar-refractivity contribution in [3.8, 4) is 0 Å². The molecule has 2 saturated heterocycles. The molecule has 17 heavy (non-hydrogen) atoms. The molecule has 0 aromatic heterocycles. The zero-order valence-electron chi connectivity index (χ0n) is 11.6. The van der Waals surface area contributed by atoms with Crippen LogP contribution in [0, 0.1) is 0 Å². The van der Waals surface area contributed by atoms with Gasteiger partial charge in [0.15, 0.2) is 0 Å². The molecule has 2 bridgehead atoms. The van der Waals surface area contributed by atoms with E-state index in [0.29, 0.717) is 6.04 Å². The van der Waals surface area contributed by atoms with Crippen molar-refractivity contribution in [3.05, 3.63) is 0 Å². The van der Waals surface area contributed by atoms with E-state index in [-0.39, 0.29) is 0 Å². The van der Waals surface area contributed by atoms with Crippen molar-refractivity contribution in [3.63, 3.8) is 0 Å². The molecule has 2 aliphatic heterocycles. The minimum Gasteiger partial charge on any atom is -0.380 e. The summed E-state index contributed by atoms with van der Waals surface area (Å²) in [4.78, 5) is 2.74. The lowest BCUT2D eigenvalue weighted by Crippen LogP contribution is -2.53. The molecule has 0 saturated carbocycles. The number of ether oxygens (including phenoxy) is 1. The van der Waals surface area contributed by atoms with Crippen LogP contribution < -0.4 is 5.32 Å². The zero-order chi connectivity index (χ0) is 12.3. The van der Waals surface area contributed by atoms with E-state index in [0.717, 1.165) is 37.9 Å². The summed E-state index contributed by atoms with van der Waals surface area (Å²) in [6.45, 7) is 9.47. The van der Waals surface area contributed by atoms with Gasteiger partial charge in [0.2, 0.25) is 0 Å². The summed E-state index contributed by atoms with van der Waals surface area (Å²) in [6, 6.07) is 2.95. The third-order valence-electron chi connectivity index (χ3n) is 4.35. The Morgan fingerprint density at radius 3 is 2.41 bits per heavy atom. The van der Waals surface area contributed by atoms with Gasteiger partial charge in [-0.1, -0.05) is 6.92 Å². The first-order chi connectivity index (χ1) is 8.26. The fourth-order valence-electron chi connectivity index (χ4n) is 3.76. The molecule has 0 radical (unpaired) electrons. The molecule has 0 spiro atoms. The normalized spacial score (nSPS) is 35.1. The summed E-state index contributed by atoms with van der Waals surface area (Å²) in [5, 5.41) is 3.63. The quantitative estimate of drug-likeness (QED) is 0.769. The maximum absolute atomic E-state index is 5.59. The van der Waals surface area contributed by atoms with Crippen LogP contribution in [0.3, 0.4) is 0 Å². The van der Waals surface area contributed by atoms with Gasteiger partial charge in [0.25, 0.3) is 0 Å². The standard InChI is InChI=1S/C14H28N2O/c1-4-15-12-8-13-6-7-14(9-12)16(13)11(3)10-17-5-2/h11-15H,4-10H2,1-3H3. The van der Waals surface area contributed by atoms with Crippen LogP contribution in [-0.4, -0.2) is 48.8 Å². The van der Waals surface area contributed by atoms with Crippen LogP contribution in [0.1, 0.15) is 46.5 Å². The topological polar surface area (TPSA) is 24.5 Å². The highest BCUT2D eigenvalue weighted by molar-refractivity contribution is 4.99. The Hall–Kier alpha value is -0.120. The van der Waals surface area contributed by atoms with Crippen LogP contribution >= 0.6 is 0 Å². The van der Waals surface area contributed by atoms with Crippen LogP contribution in [0.5, 0.6) is 0 Å². The lowest BCUT2D eigenvalue weighted by molar-refractivity contribution is 0.0216. The second-order valence-corrected chi connectivity index (χ2v) is 5.57. The SMILES string of the molecule is CCNC1CC2CCC(C1)N2C(C)COCC. The molecule has 0 aliphatic carbocycles. The van der Waals surface area contributed by atoms with Crippen molar-refractivity contribution in [2.24, 2.45) is 0 Å². The van der Waals surface area contributed by atoms with Crippen molar-refractivity contribution in [2.75, 3.05) is 19.8 Å². The number of fused-ring (bicyclic) bond motifs is 2. The lowest BCUT2D eigenvalue weighted by Gasteiger charge is -2.42. The van der Waals surface area contributed by atoms with Gasteiger partial charge in [-0.3, -0.25) is 4.90 Å². The van der Waals surface area contributed by atoms with Crippen molar-refractivity contribution < 1.29 is 4.74 Å². The largest absolute Gasteiger partial charge is 0.380 e. The van der Waals surface area contributed by atoms with Gasteiger partial charge in [-0.15, -0.1) is 0 Å². The van der Waals surface area contributed by atoms with E-state index in [1.807, 2.05) is 0 Å². The molecule has 0 aromatic rings. The van der Waals surface area contributed by atoms with E-state index in [2.05, 4.69) is 31.0 Å². The van der Waals surface area contributed by atoms with Gasteiger partial charge in [0.05, 0.1) is 6.61 Å². The van der Waals surface area contributed by atoms with Gasteiger partial charge >= 0.3 is 0 Å². The van der Waals surface area contributed by atoms with E-state index in [1.54, 1.807) is 0 Å². The predicted molar refractivity (Wildman–Crippen MR) is 71.3 cm³/mol. The molecule has 2 heterocycles. The number of rotatable bonds is 6. The van der Waals surface area contributed by atoms with Gasteiger partial charge < -0.3 is 10.1 Å². The molecule has 0 aromatic carbocycles. The Kier molecular flexibility index (Phi) is 4.83. The third-order valence-corrected chi connectivity index (χ3v) is 4.35. The Morgan fingerprint density at radius 1 is 1.24 bits per heavy atom. The van der Waals surface area contributed by atoms with Gasteiger partial charge in [-0.2, -0.15) is 0 Å². The number of nitrogens with one attached hydrogen (secondary N) is 1. The predicted octanol–water partition coefficient (Wildman–Crippen LogP) is 2.02. The molecular weight excluding hydrogens is 212 g/mol. The Bertz CT molecular complexity index is 220. The van der Waals surface area contributed by atoms with Crippen LogP contribution in [0.2, 0.25) is 0 Å². The molecule has 2 rings (SSSR count). The number of hydrogen-bond acceptors (Lipinski definition) is 3. The van der Waals surface area contributed by atoms with Crippen molar-refractivity contribution >= 4 is 0 Å². The van der Waals surface area contributed by atoms with Gasteiger partial charge in [-0.05, 0) is 46.1 Å². The minimum absolute atomic E-state index is 0.593. The first-order valence-electron chi connectivity index (χ1n) is 7.34. The van der Waals surface area contributed by atoms with Crippen LogP contribution in [0.15, 0.2) is 0 Å². The average Bonchev–Trinajstić information content (AvgIpc) is 2.59. The summed E-state index contributed by atoms with van der Waals surface area (Å²) in [5.41, 5.74) is 0. The first kappa shape index (κ1) is 13.3. The van der Waals surface area contributed by atoms with Crippen LogP contribution in [-0.2, 0) is 4.74 Å². The molecular formula is C14H28N2O. The fraction of sp³-hybridized carbons (Fsp3) is 1.00. The number of piperidine rings is 1. The third kappa shape index (κ3) is 3.01. The molecule has 3 atom stereocenters. The smallest absolute Gasteiger partial charge is 0.0619 e. The molecule has 3 unspecified atom stereocenters. The van der Waals surface area contributed by atoms with Crippen molar-refractivity contribution in [2.45, 2.75) is 70.6 Å². The molecule has 0 amide bonds. The number of hydrogen-bond donors (Lipinski definition) is 1. The van der Waals surface area contributed by atoms with Gasteiger partial charge in [0.1, 0.15) is 0 Å². The van der Waals surface area contributed by atoms with E-state index < -0.39 is 0 Å². The van der Waals surface area contributed by atoms with E-state index in [9.17, 15) is 0 Å². The maximum atomic E-state index is 5.59. The molecule has 2 fully saturated rings. The summed E-state index contributed by atoms with van der Waals surface area (Å²) >= 11 is 0. The summed E-state index contributed by atoms with van der Waals surface area (Å²) < 4.78 is 5.59. The van der Waals surface area contributed by atoms with Gasteiger partial charge in [-0.25, -0.2) is 0 Å². The molecule has 3 nitrogen and oxygen atoms in total.